The van der Waals surface area contributed by atoms with Crippen LogP contribution in [-0.4, -0.2) is 42.0 Å². The molecule has 1 N–H and O–H groups in total. The van der Waals surface area contributed by atoms with Crippen LogP contribution in [0.5, 0.6) is 11.5 Å². The second kappa shape index (κ2) is 5.27. The maximum atomic E-state index is 12.2. The summed E-state index contributed by atoms with van der Waals surface area (Å²) in [6.07, 6.45) is 0.186. The van der Waals surface area contributed by atoms with E-state index in [0.29, 0.717) is 24.7 Å². The molecule has 1 saturated heterocycles. The quantitative estimate of drug-likeness (QED) is 0.852. The lowest BCUT2D eigenvalue weighted by atomic mass is 10.2. The molecule has 0 bridgehead atoms. The number of nitrogens with one attached hydrogen (secondary N) is 1. The van der Waals surface area contributed by atoms with E-state index in [1.807, 2.05) is 19.9 Å². The van der Waals surface area contributed by atoms with Crippen LogP contribution in [-0.2, 0) is 9.59 Å². The first-order valence-corrected chi connectivity index (χ1v) is 7.08. The third kappa shape index (κ3) is 2.53. The number of hydrogen-bond donors (Lipinski definition) is 1. The highest BCUT2D eigenvalue weighted by molar-refractivity contribution is 6.07. The maximum absolute atomic E-state index is 12.2. The lowest BCUT2D eigenvalue weighted by Gasteiger charge is -2.21. The normalized spacial score (nSPS) is 21.1. The highest BCUT2D eigenvalue weighted by Gasteiger charge is 2.39. The molecule has 6 heteroatoms. The molecule has 1 fully saturated rings. The number of carbonyl (C=O) groups is 2. The first-order valence-electron chi connectivity index (χ1n) is 7.08. The Balaban J connectivity index is 1.75. The number of likely N-dealkylation sites (tertiary alicyclic amines) is 1. The van der Waals surface area contributed by atoms with Gasteiger partial charge in [-0.1, -0.05) is 0 Å². The van der Waals surface area contributed by atoms with E-state index in [2.05, 4.69) is 5.32 Å². The number of nitrogens with zero attached hydrogens (tertiary/aromatic N) is 1. The molecule has 1 aromatic carbocycles. The third-order valence-electron chi connectivity index (χ3n) is 3.58. The number of carbonyl (C=O) groups excluding carboxylic acids is 2. The monoisotopic (exact) mass is 290 g/mol. The van der Waals surface area contributed by atoms with Crippen molar-refractivity contribution in [2.75, 3.05) is 18.5 Å². The number of hydrogen-bond acceptors (Lipinski definition) is 5. The Labute approximate surface area is 123 Å². The Morgan fingerprint density at radius 2 is 1.90 bits per heavy atom. The predicted octanol–water partition coefficient (Wildman–Crippen LogP) is 1.41. The average Bonchev–Trinajstić information content (AvgIpc) is 2.73. The van der Waals surface area contributed by atoms with Crippen molar-refractivity contribution in [3.05, 3.63) is 18.2 Å². The Morgan fingerprint density at radius 3 is 2.57 bits per heavy atom. The van der Waals surface area contributed by atoms with Gasteiger partial charge in [-0.25, -0.2) is 0 Å². The molecule has 2 amide bonds. The van der Waals surface area contributed by atoms with Gasteiger partial charge < -0.3 is 14.8 Å². The van der Waals surface area contributed by atoms with Crippen LogP contribution < -0.4 is 14.8 Å². The number of imide groups is 1. The van der Waals surface area contributed by atoms with Crippen LogP contribution in [0.4, 0.5) is 5.69 Å². The topological polar surface area (TPSA) is 67.9 Å². The van der Waals surface area contributed by atoms with Crippen molar-refractivity contribution in [1.29, 1.82) is 0 Å². The second-order valence-electron chi connectivity index (χ2n) is 5.46. The lowest BCUT2D eigenvalue weighted by molar-refractivity contribution is -0.140. The van der Waals surface area contributed by atoms with Gasteiger partial charge in [-0.05, 0) is 26.0 Å². The Kier molecular flexibility index (Phi) is 3.45. The second-order valence-corrected chi connectivity index (χ2v) is 5.46. The van der Waals surface area contributed by atoms with E-state index in [4.69, 9.17) is 9.47 Å². The van der Waals surface area contributed by atoms with Crippen molar-refractivity contribution < 1.29 is 19.1 Å². The molecule has 2 aliphatic rings. The predicted molar refractivity (Wildman–Crippen MR) is 76.4 cm³/mol. The highest BCUT2D eigenvalue weighted by Crippen LogP contribution is 2.33. The molecule has 21 heavy (non-hydrogen) atoms. The van der Waals surface area contributed by atoms with E-state index >= 15 is 0 Å². The smallest absolute Gasteiger partial charge is 0.252 e. The van der Waals surface area contributed by atoms with Gasteiger partial charge in [-0.3, -0.25) is 14.5 Å². The molecular weight excluding hydrogens is 272 g/mol. The number of rotatable bonds is 3. The molecule has 0 saturated carbocycles. The largest absolute Gasteiger partial charge is 0.486 e. The lowest BCUT2D eigenvalue weighted by Crippen LogP contribution is -2.39. The van der Waals surface area contributed by atoms with Crippen LogP contribution in [0.15, 0.2) is 18.2 Å². The van der Waals surface area contributed by atoms with E-state index in [-0.39, 0.29) is 24.3 Å². The average molecular weight is 290 g/mol. The molecule has 1 atom stereocenters. The zero-order valence-electron chi connectivity index (χ0n) is 12.1. The van der Waals surface area contributed by atoms with Gasteiger partial charge in [0.2, 0.25) is 5.91 Å². The Bertz CT molecular complexity index is 585. The number of fused-ring (bicyclic) bond motifs is 1. The SMILES string of the molecule is CC(C)N1C(=O)CC(Nc2ccc3c(c2)OCCO3)C1=O. The molecule has 0 radical (unpaired) electrons. The van der Waals surface area contributed by atoms with E-state index in [1.165, 1.54) is 4.90 Å². The maximum Gasteiger partial charge on any atom is 0.252 e. The first kappa shape index (κ1) is 13.7. The summed E-state index contributed by atoms with van der Waals surface area (Å²) in [5, 5.41) is 3.11. The van der Waals surface area contributed by atoms with Crippen LogP contribution in [0.25, 0.3) is 0 Å². The zero-order valence-corrected chi connectivity index (χ0v) is 12.1. The molecule has 2 heterocycles. The molecule has 1 aromatic rings. The summed E-state index contributed by atoms with van der Waals surface area (Å²) >= 11 is 0. The van der Waals surface area contributed by atoms with Crippen molar-refractivity contribution in [2.24, 2.45) is 0 Å². The molecule has 2 aliphatic heterocycles. The van der Waals surface area contributed by atoms with Crippen molar-refractivity contribution in [3.8, 4) is 11.5 Å². The van der Waals surface area contributed by atoms with Gasteiger partial charge in [0.05, 0.1) is 6.42 Å². The van der Waals surface area contributed by atoms with Crippen LogP contribution in [0.3, 0.4) is 0 Å². The van der Waals surface area contributed by atoms with Gasteiger partial charge in [0.15, 0.2) is 11.5 Å². The summed E-state index contributed by atoms with van der Waals surface area (Å²) in [6, 6.07) is 4.80. The van der Waals surface area contributed by atoms with E-state index in [1.54, 1.807) is 12.1 Å². The van der Waals surface area contributed by atoms with Crippen LogP contribution in [0, 0.1) is 0 Å². The van der Waals surface area contributed by atoms with Crippen LogP contribution in [0.2, 0.25) is 0 Å². The highest BCUT2D eigenvalue weighted by atomic mass is 16.6. The first-order chi connectivity index (χ1) is 10.1. The summed E-state index contributed by atoms with van der Waals surface area (Å²) < 4.78 is 11.0. The van der Waals surface area contributed by atoms with Crippen LogP contribution in [0.1, 0.15) is 20.3 Å². The molecule has 112 valence electrons. The number of anilines is 1. The van der Waals surface area contributed by atoms with Gasteiger partial charge in [0.1, 0.15) is 19.3 Å². The van der Waals surface area contributed by atoms with Crippen molar-refractivity contribution >= 4 is 17.5 Å². The molecule has 1 unspecified atom stereocenters. The molecule has 0 spiro atoms. The minimum atomic E-state index is -0.512. The summed E-state index contributed by atoms with van der Waals surface area (Å²) in [5.41, 5.74) is 0.746. The molecule has 0 aliphatic carbocycles. The van der Waals surface area contributed by atoms with Crippen molar-refractivity contribution in [1.82, 2.24) is 4.90 Å². The van der Waals surface area contributed by atoms with E-state index < -0.39 is 6.04 Å². The Morgan fingerprint density at radius 1 is 1.19 bits per heavy atom. The summed E-state index contributed by atoms with van der Waals surface area (Å²) in [4.78, 5) is 25.4. The summed E-state index contributed by atoms with van der Waals surface area (Å²) in [7, 11) is 0. The zero-order chi connectivity index (χ0) is 15.0. The molecular formula is C15H18N2O4. The fourth-order valence-corrected chi connectivity index (χ4v) is 2.64. The number of amides is 2. The fraction of sp³-hybridized carbons (Fsp3) is 0.467. The van der Waals surface area contributed by atoms with Gasteiger partial charge in [-0.15, -0.1) is 0 Å². The van der Waals surface area contributed by atoms with Gasteiger partial charge in [-0.2, -0.15) is 0 Å². The standard InChI is InChI=1S/C15H18N2O4/c1-9(2)17-14(18)8-11(15(17)19)16-10-3-4-12-13(7-10)21-6-5-20-12/h3-4,7,9,11,16H,5-6,8H2,1-2H3. The van der Waals surface area contributed by atoms with Crippen molar-refractivity contribution in [2.45, 2.75) is 32.4 Å². The van der Waals surface area contributed by atoms with Crippen LogP contribution >= 0.6 is 0 Å². The molecule has 6 nitrogen and oxygen atoms in total. The fourth-order valence-electron chi connectivity index (χ4n) is 2.64. The third-order valence-corrected chi connectivity index (χ3v) is 3.58. The minimum Gasteiger partial charge on any atom is -0.486 e. The van der Waals surface area contributed by atoms with Gasteiger partial charge in [0.25, 0.3) is 5.91 Å². The summed E-state index contributed by atoms with van der Waals surface area (Å²) in [6.45, 7) is 4.72. The molecule has 0 aromatic heterocycles. The van der Waals surface area contributed by atoms with Gasteiger partial charge >= 0.3 is 0 Å². The summed E-state index contributed by atoms with van der Waals surface area (Å²) in [5.74, 6) is 1.04. The Hall–Kier alpha value is -2.24. The molecule has 3 rings (SSSR count). The minimum absolute atomic E-state index is 0.114. The number of ether oxygens (including phenoxy) is 2. The van der Waals surface area contributed by atoms with E-state index in [9.17, 15) is 9.59 Å². The van der Waals surface area contributed by atoms with E-state index in [0.717, 1.165) is 5.69 Å². The number of benzene rings is 1. The van der Waals surface area contributed by atoms with Gasteiger partial charge in [0, 0.05) is 17.8 Å². The van der Waals surface area contributed by atoms with Crippen molar-refractivity contribution in [3.63, 3.8) is 0 Å².